The van der Waals surface area contributed by atoms with Crippen LogP contribution in [0.1, 0.15) is 0 Å². The molecule has 0 rings (SSSR count). The summed E-state index contributed by atoms with van der Waals surface area (Å²) in [5.74, 6) is 0. The van der Waals surface area contributed by atoms with Crippen molar-refractivity contribution in [2.24, 2.45) is 0 Å². The minimum absolute atomic E-state index is 0. The second kappa shape index (κ2) is 48.8. The van der Waals surface area contributed by atoms with Crippen LogP contribution in [-0.4, -0.2) is 142 Å². The van der Waals surface area contributed by atoms with Crippen LogP contribution >= 0.6 is 0 Å². The Bertz CT molecular complexity index is 24.0. The first-order chi connectivity index (χ1) is 0. The van der Waals surface area contributed by atoms with Gasteiger partial charge in [-0.3, -0.25) is 0 Å². The molecule has 0 N–H and O–H groups in total. The number of hydrogen-bond acceptors (Lipinski definition) is 0. The summed E-state index contributed by atoms with van der Waals surface area (Å²) in [5.41, 5.74) is 0. The normalized spacial score (nSPS) is 0. The molecule has 0 spiro atoms. The first-order valence-electron chi connectivity index (χ1n) is 0. The number of hydrogen-bond donors (Lipinski definition) is 0. The van der Waals surface area contributed by atoms with Crippen molar-refractivity contribution in [1.29, 1.82) is 0 Å². The van der Waals surface area contributed by atoms with E-state index in [1.807, 2.05) is 0 Å². The third-order valence-electron chi connectivity index (χ3n) is 0. The zero-order valence-corrected chi connectivity index (χ0v) is 20.1. The van der Waals surface area contributed by atoms with Crippen LogP contribution < -0.4 is 0 Å². The molecule has 0 nitrogen and oxygen atoms in total. The molecule has 0 heterocycles. The van der Waals surface area contributed by atoms with Crippen LogP contribution in [0.3, 0.4) is 0 Å². The van der Waals surface area contributed by atoms with Crippen molar-refractivity contribution >= 4 is 142 Å². The zero-order valence-electron chi connectivity index (χ0n) is 5.15. The molecular formula is CaCuFeKMgMnNaZn. The molecule has 0 aliphatic rings. The van der Waals surface area contributed by atoms with Crippen molar-refractivity contribution < 1.29 is 70.7 Å². The molecule has 0 aliphatic heterocycles. The average molecular weight is 366 g/mol. The van der Waals surface area contributed by atoms with Gasteiger partial charge in [0.25, 0.3) is 0 Å². The van der Waals surface area contributed by atoms with Gasteiger partial charge in [0.1, 0.15) is 0 Å². The molecule has 8 heavy (non-hydrogen) atoms. The number of rotatable bonds is 0. The van der Waals surface area contributed by atoms with Crippen LogP contribution in [-0.2, 0) is 70.7 Å². The Morgan fingerprint density at radius 3 is 1.00 bits per heavy atom. The summed E-state index contributed by atoms with van der Waals surface area (Å²) in [5, 5.41) is 0. The van der Waals surface area contributed by atoms with Crippen LogP contribution in [0, 0.1) is 0 Å². The van der Waals surface area contributed by atoms with Gasteiger partial charge in [-0.05, 0) is 0 Å². The van der Waals surface area contributed by atoms with Gasteiger partial charge >= 0.3 is 0 Å². The molecule has 0 aromatic rings. The average Bonchev–Trinajstić information content (AvgIpc) is 0. The third kappa shape index (κ3) is 38.5. The molecule has 8 heteroatoms. The Morgan fingerprint density at radius 2 is 1.00 bits per heavy atom. The van der Waals surface area contributed by atoms with E-state index in [9.17, 15) is 0 Å². The van der Waals surface area contributed by atoms with Gasteiger partial charge in [-0.15, -0.1) is 0 Å². The van der Waals surface area contributed by atoms with E-state index in [-0.39, 0.29) is 212 Å². The molecule has 0 fully saturated rings. The zero-order chi connectivity index (χ0) is 0. The van der Waals surface area contributed by atoms with Crippen molar-refractivity contribution in [2.45, 2.75) is 0 Å². The standard InChI is InChI=1S/Ca.Cu.Fe.K.Mg.Mn.Na.Zn. The summed E-state index contributed by atoms with van der Waals surface area (Å²) < 4.78 is 0. The predicted molar refractivity (Wildman–Crippen MR) is 23.0 cm³/mol. The maximum absolute atomic E-state index is 0. The van der Waals surface area contributed by atoms with Crippen LogP contribution in [0.25, 0.3) is 0 Å². The fourth-order valence-electron chi connectivity index (χ4n) is 0. The molecule has 0 aliphatic carbocycles. The minimum atomic E-state index is 0. The Kier molecular flexibility index (Phi) is 370. The SMILES string of the molecule is [Ca].[Cu].[Fe].[K].[Mg].[Mn].[Na].[Zn]. The van der Waals surface area contributed by atoms with Crippen molar-refractivity contribution in [3.05, 3.63) is 0 Å². The van der Waals surface area contributed by atoms with E-state index in [4.69, 9.17) is 0 Å². The molecule has 0 aromatic carbocycles. The predicted octanol–water partition coefficient (Wildman–Crippen LogP) is -1.53. The summed E-state index contributed by atoms with van der Waals surface area (Å²) >= 11 is 0. The van der Waals surface area contributed by atoms with Crippen molar-refractivity contribution in [1.82, 2.24) is 0 Å². The summed E-state index contributed by atoms with van der Waals surface area (Å²) in [6.45, 7) is 0. The monoisotopic (exact) mass is 364 g/mol. The molecule has 34 valence electrons. The fraction of sp³-hybridized carbons (Fsp3) is 0. The van der Waals surface area contributed by atoms with Gasteiger partial charge < -0.3 is 0 Å². The molecule has 0 saturated carbocycles. The first-order valence-corrected chi connectivity index (χ1v) is 0. The second-order valence-corrected chi connectivity index (χ2v) is 0. The van der Waals surface area contributed by atoms with Gasteiger partial charge in [0, 0.05) is 212 Å². The molecule has 0 amide bonds. The Hall–Kier alpha value is 6.84. The molecular weight excluding hydrogens is 366 g/mol. The summed E-state index contributed by atoms with van der Waals surface area (Å²) in [6, 6.07) is 0. The molecule has 0 atom stereocenters. The first kappa shape index (κ1) is 60.7. The van der Waals surface area contributed by atoms with E-state index < -0.39 is 0 Å². The summed E-state index contributed by atoms with van der Waals surface area (Å²) in [4.78, 5) is 0. The third-order valence-corrected chi connectivity index (χ3v) is 0. The van der Waals surface area contributed by atoms with Gasteiger partial charge in [-0.1, -0.05) is 0 Å². The van der Waals surface area contributed by atoms with Crippen LogP contribution in [0.5, 0.6) is 0 Å². The van der Waals surface area contributed by atoms with E-state index in [1.165, 1.54) is 0 Å². The van der Waals surface area contributed by atoms with E-state index in [0.717, 1.165) is 0 Å². The van der Waals surface area contributed by atoms with Crippen LogP contribution in [0.4, 0.5) is 0 Å². The molecule has 0 unspecified atom stereocenters. The summed E-state index contributed by atoms with van der Waals surface area (Å²) in [6.07, 6.45) is 0. The molecule has 0 saturated heterocycles. The largest absolute Gasteiger partial charge is 0 e. The Morgan fingerprint density at radius 1 is 1.00 bits per heavy atom. The van der Waals surface area contributed by atoms with Crippen LogP contribution in [0.15, 0.2) is 0 Å². The Balaban J connectivity index is 0. The van der Waals surface area contributed by atoms with E-state index in [1.54, 1.807) is 0 Å². The fourth-order valence-corrected chi connectivity index (χ4v) is 0. The molecule has 8 radical (unpaired) electrons. The van der Waals surface area contributed by atoms with Crippen molar-refractivity contribution in [2.75, 3.05) is 0 Å². The second-order valence-electron chi connectivity index (χ2n) is 0. The van der Waals surface area contributed by atoms with Gasteiger partial charge in [0.05, 0.1) is 0 Å². The van der Waals surface area contributed by atoms with Gasteiger partial charge in [-0.25, -0.2) is 0 Å². The topological polar surface area (TPSA) is 0 Å². The summed E-state index contributed by atoms with van der Waals surface area (Å²) in [7, 11) is 0. The van der Waals surface area contributed by atoms with Gasteiger partial charge in [-0.2, -0.15) is 0 Å². The Labute approximate surface area is 206 Å². The quantitative estimate of drug-likeness (QED) is 0.457. The van der Waals surface area contributed by atoms with Crippen LogP contribution in [0.2, 0.25) is 0 Å². The minimum Gasteiger partial charge on any atom is 0 e. The maximum atomic E-state index is 0. The molecule has 0 aromatic heterocycles. The van der Waals surface area contributed by atoms with Gasteiger partial charge in [0.15, 0.2) is 0 Å². The van der Waals surface area contributed by atoms with E-state index >= 15 is 0 Å². The molecule has 0 bridgehead atoms. The van der Waals surface area contributed by atoms with Crippen molar-refractivity contribution in [3.63, 3.8) is 0 Å². The van der Waals surface area contributed by atoms with Gasteiger partial charge in [0.2, 0.25) is 0 Å². The maximum Gasteiger partial charge on any atom is 0 e. The van der Waals surface area contributed by atoms with E-state index in [2.05, 4.69) is 0 Å². The van der Waals surface area contributed by atoms with Crippen molar-refractivity contribution in [3.8, 4) is 0 Å². The smallest absolute Gasteiger partial charge is 0 e. The van der Waals surface area contributed by atoms with E-state index in [0.29, 0.717) is 0 Å².